The van der Waals surface area contributed by atoms with Gasteiger partial charge in [-0.15, -0.1) is 0 Å². The second-order valence-corrected chi connectivity index (χ2v) is 5.40. The van der Waals surface area contributed by atoms with Gasteiger partial charge in [0.1, 0.15) is 11.6 Å². The fourth-order valence-corrected chi connectivity index (χ4v) is 2.31. The number of hydrogen-bond donors (Lipinski definition) is 1. The molecule has 0 aliphatic heterocycles. The molecule has 2 nitrogen and oxygen atoms in total. The van der Waals surface area contributed by atoms with E-state index in [4.69, 9.17) is 10.5 Å². The summed E-state index contributed by atoms with van der Waals surface area (Å²) >= 11 is 0. The molecule has 0 fully saturated rings. The Morgan fingerprint density at radius 2 is 1.95 bits per heavy atom. The smallest absolute Gasteiger partial charge is 0.123 e. The average Bonchev–Trinajstić information content (AvgIpc) is 2.43. The predicted octanol–water partition coefficient (Wildman–Crippen LogP) is 3.56. The number of halogens is 1. The summed E-state index contributed by atoms with van der Waals surface area (Å²) in [5.74, 6) is 0.544. The van der Waals surface area contributed by atoms with Crippen molar-refractivity contribution in [2.45, 2.75) is 25.8 Å². The van der Waals surface area contributed by atoms with Gasteiger partial charge in [-0.05, 0) is 61.2 Å². The predicted molar refractivity (Wildman–Crippen MR) is 79.4 cm³/mol. The third-order valence-corrected chi connectivity index (χ3v) is 3.60. The molecule has 0 spiro atoms. The third kappa shape index (κ3) is 3.17. The highest BCUT2D eigenvalue weighted by atomic mass is 19.1. The molecule has 3 heteroatoms. The van der Waals surface area contributed by atoms with Crippen LogP contribution in [0.3, 0.4) is 0 Å². The van der Waals surface area contributed by atoms with Crippen LogP contribution >= 0.6 is 0 Å². The first-order valence-electron chi connectivity index (χ1n) is 6.61. The molecule has 0 aromatic heterocycles. The van der Waals surface area contributed by atoms with Crippen molar-refractivity contribution in [1.29, 1.82) is 0 Å². The molecule has 1 unspecified atom stereocenters. The van der Waals surface area contributed by atoms with Gasteiger partial charge in [0, 0.05) is 5.54 Å². The molecule has 2 aromatic carbocycles. The molecule has 0 saturated carbocycles. The Hall–Kier alpha value is -1.87. The van der Waals surface area contributed by atoms with Crippen LogP contribution in [0, 0.1) is 12.7 Å². The lowest BCUT2D eigenvalue weighted by Gasteiger charge is -2.26. The maximum absolute atomic E-state index is 13.4. The SMILES string of the molecule is COc1cccc(C(C)(N)Cc2cc(F)ccc2C)c1. The summed E-state index contributed by atoms with van der Waals surface area (Å²) in [5, 5.41) is 0. The van der Waals surface area contributed by atoms with Crippen LogP contribution in [0.15, 0.2) is 42.5 Å². The van der Waals surface area contributed by atoms with Crippen LogP contribution in [0.5, 0.6) is 5.75 Å². The third-order valence-electron chi connectivity index (χ3n) is 3.60. The number of aryl methyl sites for hydroxylation is 1. The molecule has 2 aromatic rings. The molecule has 2 rings (SSSR count). The number of hydrogen-bond acceptors (Lipinski definition) is 2. The van der Waals surface area contributed by atoms with Crippen molar-refractivity contribution in [3.05, 3.63) is 65.0 Å². The van der Waals surface area contributed by atoms with E-state index in [1.54, 1.807) is 19.2 Å². The molecule has 2 N–H and O–H groups in total. The topological polar surface area (TPSA) is 35.2 Å². The zero-order valence-corrected chi connectivity index (χ0v) is 12.1. The molecule has 106 valence electrons. The van der Waals surface area contributed by atoms with E-state index >= 15 is 0 Å². The second kappa shape index (κ2) is 5.63. The van der Waals surface area contributed by atoms with Crippen molar-refractivity contribution in [3.8, 4) is 5.75 Å². The van der Waals surface area contributed by atoms with Crippen LogP contribution in [0.2, 0.25) is 0 Å². The summed E-state index contributed by atoms with van der Waals surface area (Å²) in [6.07, 6.45) is 0.573. The van der Waals surface area contributed by atoms with E-state index in [1.165, 1.54) is 6.07 Å². The summed E-state index contributed by atoms with van der Waals surface area (Å²) in [7, 11) is 1.63. The number of methoxy groups -OCH3 is 1. The maximum atomic E-state index is 13.4. The highest BCUT2D eigenvalue weighted by Gasteiger charge is 2.23. The minimum Gasteiger partial charge on any atom is -0.497 e. The molecule has 20 heavy (non-hydrogen) atoms. The number of ether oxygens (including phenoxy) is 1. The molecule has 0 bridgehead atoms. The molecule has 0 radical (unpaired) electrons. The van der Waals surface area contributed by atoms with Crippen LogP contribution in [0.1, 0.15) is 23.6 Å². The minimum atomic E-state index is -0.576. The molecular formula is C17H20FNO. The maximum Gasteiger partial charge on any atom is 0.123 e. The highest BCUT2D eigenvalue weighted by Crippen LogP contribution is 2.27. The average molecular weight is 273 g/mol. The van der Waals surface area contributed by atoms with Crippen molar-refractivity contribution in [2.24, 2.45) is 5.73 Å². The lowest BCUT2D eigenvalue weighted by atomic mass is 9.85. The van der Waals surface area contributed by atoms with Gasteiger partial charge in [0.15, 0.2) is 0 Å². The van der Waals surface area contributed by atoms with Crippen molar-refractivity contribution >= 4 is 0 Å². The fourth-order valence-electron chi connectivity index (χ4n) is 2.31. The molecular weight excluding hydrogens is 253 g/mol. The van der Waals surface area contributed by atoms with Crippen LogP contribution in [-0.4, -0.2) is 7.11 Å². The lowest BCUT2D eigenvalue weighted by molar-refractivity contribution is 0.410. The molecule has 0 heterocycles. The normalized spacial score (nSPS) is 13.8. The van der Waals surface area contributed by atoms with Crippen LogP contribution < -0.4 is 10.5 Å². The molecule has 0 aliphatic carbocycles. The van der Waals surface area contributed by atoms with Crippen LogP contribution in [-0.2, 0) is 12.0 Å². The van der Waals surface area contributed by atoms with E-state index in [9.17, 15) is 4.39 Å². The Bertz CT molecular complexity index is 608. The van der Waals surface area contributed by atoms with Gasteiger partial charge in [0.25, 0.3) is 0 Å². The summed E-state index contributed by atoms with van der Waals surface area (Å²) < 4.78 is 18.6. The van der Waals surface area contributed by atoms with E-state index in [2.05, 4.69) is 0 Å². The number of rotatable bonds is 4. The second-order valence-electron chi connectivity index (χ2n) is 5.40. The minimum absolute atomic E-state index is 0.230. The fraction of sp³-hybridized carbons (Fsp3) is 0.294. The first-order valence-corrected chi connectivity index (χ1v) is 6.61. The van der Waals surface area contributed by atoms with Gasteiger partial charge in [-0.2, -0.15) is 0 Å². The van der Waals surface area contributed by atoms with E-state index in [-0.39, 0.29) is 5.82 Å². The summed E-state index contributed by atoms with van der Waals surface area (Å²) in [6.45, 7) is 3.92. The zero-order chi connectivity index (χ0) is 14.8. The van der Waals surface area contributed by atoms with Crippen molar-refractivity contribution in [3.63, 3.8) is 0 Å². The van der Waals surface area contributed by atoms with Gasteiger partial charge in [0.2, 0.25) is 0 Å². The van der Waals surface area contributed by atoms with Gasteiger partial charge in [-0.3, -0.25) is 0 Å². The van der Waals surface area contributed by atoms with Crippen molar-refractivity contribution in [2.75, 3.05) is 7.11 Å². The van der Waals surface area contributed by atoms with Crippen LogP contribution in [0.25, 0.3) is 0 Å². The quantitative estimate of drug-likeness (QED) is 0.924. The number of benzene rings is 2. The van der Waals surface area contributed by atoms with Gasteiger partial charge in [-0.25, -0.2) is 4.39 Å². The molecule has 0 saturated heterocycles. The summed E-state index contributed by atoms with van der Waals surface area (Å²) in [6, 6.07) is 12.5. The lowest BCUT2D eigenvalue weighted by Crippen LogP contribution is -2.35. The standard InChI is InChI=1S/C17H20FNO/c1-12-7-8-15(18)9-13(12)11-17(2,19)14-5-4-6-16(10-14)20-3/h4-10H,11,19H2,1-3H3. The van der Waals surface area contributed by atoms with E-state index < -0.39 is 5.54 Å². The first-order chi connectivity index (χ1) is 9.42. The Kier molecular flexibility index (Phi) is 4.09. The van der Waals surface area contributed by atoms with Gasteiger partial charge >= 0.3 is 0 Å². The van der Waals surface area contributed by atoms with Gasteiger partial charge in [-0.1, -0.05) is 18.2 Å². The molecule has 1 atom stereocenters. The largest absolute Gasteiger partial charge is 0.497 e. The van der Waals surface area contributed by atoms with Gasteiger partial charge < -0.3 is 10.5 Å². The molecule has 0 amide bonds. The molecule has 0 aliphatic rings. The van der Waals surface area contributed by atoms with Crippen molar-refractivity contribution in [1.82, 2.24) is 0 Å². The van der Waals surface area contributed by atoms with Crippen LogP contribution in [0.4, 0.5) is 4.39 Å². The monoisotopic (exact) mass is 273 g/mol. The Morgan fingerprint density at radius 3 is 2.65 bits per heavy atom. The van der Waals surface area contributed by atoms with E-state index in [1.807, 2.05) is 38.1 Å². The summed E-state index contributed by atoms with van der Waals surface area (Å²) in [4.78, 5) is 0. The Morgan fingerprint density at radius 1 is 1.20 bits per heavy atom. The first kappa shape index (κ1) is 14.5. The Balaban J connectivity index is 2.32. The van der Waals surface area contributed by atoms with Gasteiger partial charge in [0.05, 0.1) is 7.11 Å². The number of nitrogens with two attached hydrogens (primary N) is 1. The van der Waals surface area contributed by atoms with E-state index in [0.717, 1.165) is 22.4 Å². The van der Waals surface area contributed by atoms with E-state index in [0.29, 0.717) is 6.42 Å². The summed E-state index contributed by atoms with van der Waals surface area (Å²) in [5.41, 5.74) is 8.81. The van der Waals surface area contributed by atoms with Crippen molar-refractivity contribution < 1.29 is 9.13 Å². The Labute approximate surface area is 119 Å². The zero-order valence-electron chi connectivity index (χ0n) is 12.1. The highest BCUT2D eigenvalue weighted by molar-refractivity contribution is 5.36.